The summed E-state index contributed by atoms with van der Waals surface area (Å²) in [5, 5.41) is 36.4. The highest BCUT2D eigenvalue weighted by Crippen LogP contribution is 2.25. The van der Waals surface area contributed by atoms with Crippen LogP contribution in [0, 0.1) is 39.3 Å². The van der Waals surface area contributed by atoms with Crippen LogP contribution in [0.15, 0.2) is 140 Å². The van der Waals surface area contributed by atoms with Gasteiger partial charge in [0.15, 0.2) is 11.6 Å². The van der Waals surface area contributed by atoms with Gasteiger partial charge >= 0.3 is 0 Å². The fourth-order valence-electron chi connectivity index (χ4n) is 7.94. The van der Waals surface area contributed by atoms with E-state index in [-0.39, 0.29) is 39.2 Å². The normalized spacial score (nSPS) is 10.6. The van der Waals surface area contributed by atoms with Crippen molar-refractivity contribution in [2.75, 3.05) is 11.1 Å². The number of hydrogen-bond donors (Lipinski definition) is 6. The van der Waals surface area contributed by atoms with Crippen LogP contribution in [-0.2, 0) is 35.2 Å². The van der Waals surface area contributed by atoms with E-state index < -0.39 is 17.7 Å². The van der Waals surface area contributed by atoms with E-state index in [1.165, 1.54) is 35.1 Å². The molecule has 0 aliphatic rings. The average molecular weight is 1700 g/mol. The molecule has 1 unspecified atom stereocenters. The van der Waals surface area contributed by atoms with Gasteiger partial charge in [0.2, 0.25) is 0 Å². The maximum atomic E-state index is 12.8. The third-order valence-corrected chi connectivity index (χ3v) is 15.5. The zero-order valence-electron chi connectivity index (χ0n) is 50.3. The zero-order chi connectivity index (χ0) is 67.0. The lowest BCUT2D eigenvalue weighted by molar-refractivity contribution is 0.101. The van der Waals surface area contributed by atoms with Crippen molar-refractivity contribution in [2.45, 2.75) is 47.6 Å². The number of nitrogens with one attached hydrogen (secondary N) is 2. The smallest absolute Gasteiger partial charge is 0.274 e. The van der Waals surface area contributed by atoms with E-state index in [4.69, 9.17) is 10.8 Å². The molecular formula is C57H61Br7F2N20O5. The van der Waals surface area contributed by atoms with E-state index in [9.17, 15) is 23.2 Å². The molecule has 0 saturated carbocycles. The summed E-state index contributed by atoms with van der Waals surface area (Å²) in [6, 6.07) is 14.0. The number of nitrogens with two attached hydrogens (primary N) is 3. The first-order valence-electron chi connectivity index (χ1n) is 26.0. The van der Waals surface area contributed by atoms with E-state index in [1.54, 1.807) is 61.9 Å². The van der Waals surface area contributed by atoms with Gasteiger partial charge in [-0.3, -0.25) is 45.2 Å². The molecule has 0 aromatic carbocycles. The Hall–Kier alpha value is -6.99. The quantitative estimate of drug-likeness (QED) is 0.0412. The highest BCUT2D eigenvalue weighted by Gasteiger charge is 2.12. The minimum absolute atomic E-state index is 0. The van der Waals surface area contributed by atoms with Crippen molar-refractivity contribution in [3.63, 3.8) is 0 Å². The number of hydrogen-bond acceptors (Lipinski definition) is 18. The first kappa shape index (κ1) is 76.5. The molecule has 91 heavy (non-hydrogen) atoms. The van der Waals surface area contributed by atoms with Gasteiger partial charge < -0.3 is 30.8 Å². The van der Waals surface area contributed by atoms with E-state index in [0.717, 1.165) is 102 Å². The molecule has 1 atom stereocenters. The monoisotopic (exact) mass is 1700 g/mol. The Morgan fingerprint density at radius 1 is 0.582 bits per heavy atom. The number of aliphatic hydroxyl groups excluding tert-OH is 1. The maximum Gasteiger partial charge on any atom is 0.274 e. The second-order valence-electron chi connectivity index (χ2n) is 19.0. The lowest BCUT2D eigenvalue weighted by Gasteiger charge is -2.07. The van der Waals surface area contributed by atoms with Crippen LogP contribution in [-0.4, -0.2) is 94.9 Å². The molecule has 0 bridgehead atoms. The summed E-state index contributed by atoms with van der Waals surface area (Å²) in [5.74, 6) is 7.25. The van der Waals surface area contributed by atoms with E-state index in [1.807, 2.05) is 88.7 Å². The number of halogens is 9. The van der Waals surface area contributed by atoms with Gasteiger partial charge in [-0.05, 0) is 202 Å². The number of hydrazine groups is 1. The Morgan fingerprint density at radius 3 is 1.58 bits per heavy atom. The van der Waals surface area contributed by atoms with Gasteiger partial charge in [0.1, 0.15) is 51.4 Å². The summed E-state index contributed by atoms with van der Waals surface area (Å²) in [6.45, 7) is 10.8. The van der Waals surface area contributed by atoms with Gasteiger partial charge in [-0.1, -0.05) is 0 Å². The fourth-order valence-corrected chi connectivity index (χ4v) is 10.7. The number of fused-ring (bicyclic) bond motifs is 4. The van der Waals surface area contributed by atoms with Crippen LogP contribution in [0.2, 0.25) is 0 Å². The molecule has 12 aromatic heterocycles. The number of aromatic amines is 1. The van der Waals surface area contributed by atoms with Crippen molar-refractivity contribution < 1.29 is 24.2 Å². The number of aromatic nitrogens is 16. The first-order valence-corrected chi connectivity index (χ1v) is 31.5. The molecule has 0 amide bonds. The number of pyridine rings is 8. The van der Waals surface area contributed by atoms with Crippen LogP contribution in [0.4, 0.5) is 26.0 Å². The number of nitrogen functional groups attached to an aromatic ring is 1. The van der Waals surface area contributed by atoms with Crippen LogP contribution >= 0.6 is 112 Å². The second-order valence-corrected chi connectivity index (χ2v) is 24.9. The number of carbonyl (C=O) groups excluding carboxylic acids is 1. The van der Waals surface area contributed by atoms with Crippen molar-refractivity contribution in [3.8, 4) is 0 Å². The van der Waals surface area contributed by atoms with Crippen LogP contribution in [0.25, 0.3) is 43.6 Å². The lowest BCUT2D eigenvalue weighted by atomic mass is 10.2. The van der Waals surface area contributed by atoms with Gasteiger partial charge in [-0.25, -0.2) is 38.7 Å². The summed E-state index contributed by atoms with van der Waals surface area (Å²) < 4.78 is 39.1. The number of carbonyl (C=O) groups is 1. The number of aliphatic hydroxyl groups is 1. The summed E-state index contributed by atoms with van der Waals surface area (Å²) >= 11 is 22.7. The number of H-pyrrole nitrogens is 1. The van der Waals surface area contributed by atoms with E-state index in [0.29, 0.717) is 20.7 Å². The predicted molar refractivity (Wildman–Crippen MR) is 374 cm³/mol. The number of rotatable bonds is 4. The Morgan fingerprint density at radius 2 is 1.04 bits per heavy atom. The molecule has 482 valence electrons. The zero-order valence-corrected chi connectivity index (χ0v) is 61.4. The van der Waals surface area contributed by atoms with Crippen molar-refractivity contribution in [1.82, 2.24) is 78.6 Å². The van der Waals surface area contributed by atoms with Crippen LogP contribution in [0.3, 0.4) is 0 Å². The molecular weight excluding hydrogens is 1640 g/mol. The Balaban J connectivity index is 0.000000229. The molecule has 12 heterocycles. The number of anilines is 3. The van der Waals surface area contributed by atoms with Gasteiger partial charge in [0.25, 0.3) is 11.1 Å². The first-order chi connectivity index (χ1) is 42.4. The predicted octanol–water partition coefficient (Wildman–Crippen LogP) is 11.5. The van der Waals surface area contributed by atoms with Crippen LogP contribution in [0.1, 0.15) is 58.6 Å². The highest BCUT2D eigenvalue weighted by molar-refractivity contribution is 9.11. The van der Waals surface area contributed by atoms with Gasteiger partial charge in [0, 0.05) is 95.1 Å². The minimum atomic E-state index is -0.797. The third kappa shape index (κ3) is 21.3. The van der Waals surface area contributed by atoms with E-state index in [2.05, 4.69) is 184 Å². The Bertz CT molecular complexity index is 4580. The molecule has 12 rings (SSSR count). The maximum absolute atomic E-state index is 12.8. The standard InChI is InChI=1S/C14H14BrN5O.2C8H8BrN3.C7H7BrFNO.C7H5BrFNO.C7H6BrN3.C6H7BrN2O.H4N2.H2O/c1-8-10-5-13(16-6-12(10)20(3)18-8)17-11-4-9(15)7-19(2)14(11)21;1-5-6-3-8(9)10-4-7(6)11-12(5)2;1-5-6-3-8(9)10-4-7(6)12(2)11-5;2*1-4(11)5-2-7(8)10-3-6(5)9;1-4-5-2-7(8)9-3-6(5)11-10-4;1-9-3-4(7)2-5(8)6(9)10;1-2;/h4-7H,1-3H3,(H,16,17);2*3-4H,1-2H3;2-4,11H,1H3;2-3H,1H3;2-3H,1H3,(H,10,11);2-3H,8H2,1H3;1-2H2;1H2. The Labute approximate surface area is 577 Å². The van der Waals surface area contributed by atoms with Gasteiger partial charge in [-0.2, -0.15) is 20.4 Å². The van der Waals surface area contributed by atoms with E-state index >= 15 is 0 Å². The molecule has 34 heteroatoms. The molecule has 0 aliphatic heterocycles. The molecule has 25 nitrogen and oxygen atoms in total. The molecule has 0 saturated heterocycles. The Kier molecular flexibility index (Phi) is 29.5. The second kappa shape index (κ2) is 35.2. The molecule has 0 fully saturated rings. The van der Waals surface area contributed by atoms with Crippen LogP contribution < -0.4 is 33.9 Å². The van der Waals surface area contributed by atoms with Crippen LogP contribution in [0.5, 0.6) is 0 Å². The lowest BCUT2D eigenvalue weighted by Crippen LogP contribution is -2.19. The van der Waals surface area contributed by atoms with Gasteiger partial charge in [-0.15, -0.1) is 0 Å². The topological polar surface area (TPSA) is 362 Å². The number of nitrogens with zero attached hydrogens (tertiary/aromatic N) is 15. The molecule has 0 aliphatic carbocycles. The van der Waals surface area contributed by atoms with Crippen molar-refractivity contribution >= 4 is 178 Å². The van der Waals surface area contributed by atoms with Crippen molar-refractivity contribution in [3.05, 3.63) is 196 Å². The summed E-state index contributed by atoms with van der Waals surface area (Å²) in [7, 11) is 9.10. The SMILES string of the molecule is CC(=O)c1cc(Br)ncc1F.CC(O)c1cc(Br)ncc1F.Cc1[nH]nc2cnc(Br)cc12.Cc1c2cc(Br)ncc2nn1C.Cc1nn(C)c2cnc(Br)cc12.Cc1nn(C)c2cnc(Nc3cc(Br)cn(C)c3=O)cc12.Cn1cc(Br)cc(N)c1=O.NN.O. The molecule has 12 aromatic rings. The summed E-state index contributed by atoms with van der Waals surface area (Å²) in [4.78, 5) is 57.7. The number of aryl methyl sites for hydroxylation is 9. The van der Waals surface area contributed by atoms with Gasteiger partial charge in [0.05, 0.1) is 77.0 Å². The largest absolute Gasteiger partial charge is 0.412 e. The number of ketones is 1. The van der Waals surface area contributed by atoms with Crippen molar-refractivity contribution in [1.29, 1.82) is 0 Å². The third-order valence-electron chi connectivity index (χ3n) is 12.5. The summed E-state index contributed by atoms with van der Waals surface area (Å²) in [5.41, 5.74) is 14.2. The molecule has 0 radical (unpaired) electrons. The molecule has 0 spiro atoms. The summed E-state index contributed by atoms with van der Waals surface area (Å²) in [6.07, 6.45) is 11.8. The van der Waals surface area contributed by atoms with Crippen molar-refractivity contribution in [2.24, 2.45) is 46.9 Å². The molecule has 11 N–H and O–H groups in total. The minimum Gasteiger partial charge on any atom is -0.412 e. The highest BCUT2D eigenvalue weighted by atomic mass is 79.9. The fraction of sp³-hybridized carbons (Fsp3) is 0.211. The average Bonchev–Trinajstić information content (AvgIpc) is 2.16. The number of Topliss-reactive ketones (excluding diaryl/α,β-unsaturated/α-hetero) is 1.